The molecular formula is C11H15ClN4O2. The number of hydrogen-bond acceptors (Lipinski definition) is 5. The monoisotopic (exact) mass is 270 g/mol. The molecule has 0 unspecified atom stereocenters. The molecule has 6 nitrogen and oxygen atoms in total. The van der Waals surface area contributed by atoms with E-state index in [0.29, 0.717) is 30.0 Å². The molecule has 0 atom stereocenters. The Morgan fingerprint density at radius 3 is 2.89 bits per heavy atom. The van der Waals surface area contributed by atoms with E-state index < -0.39 is 0 Å². The van der Waals surface area contributed by atoms with Gasteiger partial charge < -0.3 is 9.47 Å². The van der Waals surface area contributed by atoms with Crippen molar-refractivity contribution in [2.24, 2.45) is 0 Å². The number of aromatic nitrogens is 4. The highest BCUT2D eigenvalue weighted by molar-refractivity contribution is 6.30. The largest absolute Gasteiger partial charge is 0.475 e. The summed E-state index contributed by atoms with van der Waals surface area (Å²) >= 11 is 6.01. The van der Waals surface area contributed by atoms with Gasteiger partial charge in [0, 0.05) is 5.56 Å². The molecule has 2 heterocycles. The predicted molar refractivity (Wildman–Crippen MR) is 67.1 cm³/mol. The summed E-state index contributed by atoms with van der Waals surface area (Å²) in [6.07, 6.45) is 1.59. The highest BCUT2D eigenvalue weighted by Gasteiger charge is 2.13. The number of hydrogen-bond donors (Lipinski definition) is 0. The minimum atomic E-state index is 0.183. The molecule has 0 saturated heterocycles. The van der Waals surface area contributed by atoms with Crippen molar-refractivity contribution in [2.75, 3.05) is 13.2 Å². The minimum absolute atomic E-state index is 0.183. The summed E-state index contributed by atoms with van der Waals surface area (Å²) in [7, 11) is 0. The zero-order chi connectivity index (χ0) is 13.1. The fourth-order valence-corrected chi connectivity index (χ4v) is 1.62. The Hall–Kier alpha value is -1.40. The third-order valence-electron chi connectivity index (χ3n) is 2.32. The van der Waals surface area contributed by atoms with Crippen molar-refractivity contribution in [3.8, 4) is 5.88 Å². The Morgan fingerprint density at radius 1 is 1.39 bits per heavy atom. The summed E-state index contributed by atoms with van der Waals surface area (Å²) in [4.78, 5) is 8.08. The normalized spacial score (nSPS) is 11.4. The van der Waals surface area contributed by atoms with E-state index in [1.165, 1.54) is 10.8 Å². The van der Waals surface area contributed by atoms with Gasteiger partial charge in [0.2, 0.25) is 5.88 Å². The fraction of sp³-hybridized carbons (Fsp3) is 0.545. The first-order valence-corrected chi connectivity index (χ1v) is 6.07. The third-order valence-corrected chi connectivity index (χ3v) is 2.69. The van der Waals surface area contributed by atoms with Crippen molar-refractivity contribution in [1.82, 2.24) is 19.6 Å². The van der Waals surface area contributed by atoms with Gasteiger partial charge in [0.15, 0.2) is 0 Å². The Balaban J connectivity index is 2.16. The maximum absolute atomic E-state index is 6.01. The molecule has 2 rings (SSSR count). The smallest absolute Gasteiger partial charge is 0.256 e. The Labute approximate surface area is 110 Å². The van der Waals surface area contributed by atoms with Gasteiger partial charge in [-0.25, -0.2) is 0 Å². The van der Waals surface area contributed by atoms with Crippen molar-refractivity contribution in [1.29, 1.82) is 0 Å². The van der Waals surface area contributed by atoms with Crippen molar-refractivity contribution < 1.29 is 9.47 Å². The second-order valence-electron chi connectivity index (χ2n) is 4.07. The van der Waals surface area contributed by atoms with Gasteiger partial charge in [-0.1, -0.05) is 11.6 Å². The van der Waals surface area contributed by atoms with Gasteiger partial charge in [0.25, 0.3) is 5.78 Å². The summed E-state index contributed by atoms with van der Waals surface area (Å²) in [6.45, 7) is 6.71. The molecule has 7 heteroatoms. The molecule has 0 aromatic carbocycles. The number of rotatable bonds is 5. The lowest BCUT2D eigenvalue weighted by Gasteiger charge is -2.12. The van der Waals surface area contributed by atoms with Crippen LogP contribution in [0.5, 0.6) is 5.88 Å². The van der Waals surface area contributed by atoms with E-state index in [0.717, 1.165) is 5.56 Å². The molecule has 0 aliphatic carbocycles. The maximum atomic E-state index is 6.01. The van der Waals surface area contributed by atoms with Crippen LogP contribution >= 0.6 is 11.6 Å². The van der Waals surface area contributed by atoms with E-state index in [2.05, 4.69) is 15.1 Å². The van der Waals surface area contributed by atoms with Crippen molar-refractivity contribution in [3.05, 3.63) is 17.0 Å². The van der Waals surface area contributed by atoms with Crippen LogP contribution in [0.2, 0.25) is 5.15 Å². The lowest BCUT2D eigenvalue weighted by molar-refractivity contribution is 0.0535. The Kier molecular flexibility index (Phi) is 3.98. The summed E-state index contributed by atoms with van der Waals surface area (Å²) in [6, 6.07) is 0. The summed E-state index contributed by atoms with van der Waals surface area (Å²) in [5.74, 6) is 0.972. The van der Waals surface area contributed by atoms with Gasteiger partial charge in [0.1, 0.15) is 18.1 Å². The van der Waals surface area contributed by atoms with E-state index in [-0.39, 0.29) is 6.10 Å². The number of nitrogens with zero attached hydrogens (tertiary/aromatic N) is 4. The van der Waals surface area contributed by atoms with Gasteiger partial charge in [-0.15, -0.1) is 0 Å². The second kappa shape index (κ2) is 5.49. The van der Waals surface area contributed by atoms with Crippen molar-refractivity contribution in [2.45, 2.75) is 26.9 Å². The molecular weight excluding hydrogens is 256 g/mol. The second-order valence-corrected chi connectivity index (χ2v) is 4.43. The zero-order valence-electron chi connectivity index (χ0n) is 10.6. The highest BCUT2D eigenvalue weighted by atomic mass is 35.5. The van der Waals surface area contributed by atoms with Gasteiger partial charge in [-0.2, -0.15) is 19.6 Å². The molecule has 0 amide bonds. The van der Waals surface area contributed by atoms with Crippen LogP contribution in [0.4, 0.5) is 0 Å². The van der Waals surface area contributed by atoms with Gasteiger partial charge in [-0.3, -0.25) is 0 Å². The van der Waals surface area contributed by atoms with Crippen molar-refractivity contribution in [3.63, 3.8) is 0 Å². The molecule has 2 aromatic heterocycles. The summed E-state index contributed by atoms with van der Waals surface area (Å²) < 4.78 is 12.6. The van der Waals surface area contributed by atoms with Crippen LogP contribution in [0, 0.1) is 6.92 Å². The fourth-order valence-electron chi connectivity index (χ4n) is 1.47. The minimum Gasteiger partial charge on any atom is -0.475 e. The molecule has 0 aliphatic heterocycles. The topological polar surface area (TPSA) is 61.5 Å². The number of halogens is 1. The molecule has 0 fully saturated rings. The first kappa shape index (κ1) is 13.0. The lowest BCUT2D eigenvalue weighted by Crippen LogP contribution is -2.14. The summed E-state index contributed by atoms with van der Waals surface area (Å²) in [5.41, 5.74) is 0.735. The standard InChI is InChI=1S/C11H15ClN4O2/c1-7(2)17-4-5-18-10-8(3)9(12)15-11-13-6-14-16(10)11/h6-7H,4-5H2,1-3H3. The van der Waals surface area contributed by atoms with Gasteiger partial charge >= 0.3 is 0 Å². The molecule has 0 N–H and O–H groups in total. The molecule has 18 heavy (non-hydrogen) atoms. The van der Waals surface area contributed by atoms with E-state index >= 15 is 0 Å². The van der Waals surface area contributed by atoms with Crippen LogP contribution in [-0.4, -0.2) is 38.9 Å². The van der Waals surface area contributed by atoms with Crippen LogP contribution < -0.4 is 4.74 Å². The average molecular weight is 271 g/mol. The van der Waals surface area contributed by atoms with Gasteiger partial charge in [0.05, 0.1) is 12.7 Å². The van der Waals surface area contributed by atoms with E-state index in [1.54, 1.807) is 0 Å². The average Bonchev–Trinajstić information content (AvgIpc) is 2.76. The molecule has 0 radical (unpaired) electrons. The summed E-state index contributed by atoms with van der Waals surface area (Å²) in [5, 5.41) is 4.42. The zero-order valence-corrected chi connectivity index (χ0v) is 11.3. The molecule has 0 spiro atoms. The molecule has 0 aliphatic rings. The van der Waals surface area contributed by atoms with Crippen molar-refractivity contribution >= 4 is 17.4 Å². The van der Waals surface area contributed by atoms with Crippen LogP contribution in [-0.2, 0) is 4.74 Å². The number of fused-ring (bicyclic) bond motifs is 1. The first-order valence-electron chi connectivity index (χ1n) is 5.70. The number of ether oxygens (including phenoxy) is 2. The van der Waals surface area contributed by atoms with Gasteiger partial charge in [-0.05, 0) is 20.8 Å². The van der Waals surface area contributed by atoms with Crippen LogP contribution in [0.15, 0.2) is 6.33 Å². The van der Waals surface area contributed by atoms with E-state index in [9.17, 15) is 0 Å². The Bertz CT molecular complexity index is 541. The van der Waals surface area contributed by atoms with Crippen LogP contribution in [0.1, 0.15) is 19.4 Å². The first-order chi connectivity index (χ1) is 8.59. The maximum Gasteiger partial charge on any atom is 0.256 e. The van der Waals surface area contributed by atoms with Crippen LogP contribution in [0.3, 0.4) is 0 Å². The van der Waals surface area contributed by atoms with Crippen LogP contribution in [0.25, 0.3) is 5.78 Å². The highest BCUT2D eigenvalue weighted by Crippen LogP contribution is 2.23. The predicted octanol–water partition coefficient (Wildman–Crippen LogP) is 1.89. The van der Waals surface area contributed by atoms with E-state index in [1.807, 2.05) is 20.8 Å². The molecule has 0 saturated carbocycles. The molecule has 98 valence electrons. The lowest BCUT2D eigenvalue weighted by atomic mass is 10.4. The third kappa shape index (κ3) is 2.70. The quantitative estimate of drug-likeness (QED) is 0.613. The molecule has 2 aromatic rings. The Morgan fingerprint density at radius 2 is 2.17 bits per heavy atom. The molecule has 0 bridgehead atoms. The van der Waals surface area contributed by atoms with E-state index in [4.69, 9.17) is 21.1 Å². The SMILES string of the molecule is Cc1c(Cl)nc2ncnn2c1OCCOC(C)C.